The van der Waals surface area contributed by atoms with Crippen molar-refractivity contribution < 1.29 is 12.8 Å². The van der Waals surface area contributed by atoms with E-state index < -0.39 is 15.8 Å². The smallest absolute Gasteiger partial charge is 0.240 e. The van der Waals surface area contributed by atoms with E-state index in [2.05, 4.69) is 25.0 Å². The molecule has 0 saturated heterocycles. The van der Waals surface area contributed by atoms with Gasteiger partial charge in [0, 0.05) is 24.8 Å². The molecule has 0 spiro atoms. The van der Waals surface area contributed by atoms with Crippen LogP contribution in [0.15, 0.2) is 41.6 Å². The van der Waals surface area contributed by atoms with Crippen molar-refractivity contribution in [1.29, 1.82) is 0 Å². The maximum absolute atomic E-state index is 12.9. The highest BCUT2D eigenvalue weighted by Crippen LogP contribution is 2.15. The van der Waals surface area contributed by atoms with E-state index in [0.29, 0.717) is 24.0 Å². The number of nitrogens with zero attached hydrogens (tertiary/aromatic N) is 4. The summed E-state index contributed by atoms with van der Waals surface area (Å²) in [6.07, 6.45) is 1.70. The third-order valence-corrected chi connectivity index (χ3v) is 5.65. The lowest BCUT2D eigenvalue weighted by atomic mass is 10.3. The van der Waals surface area contributed by atoms with Crippen molar-refractivity contribution >= 4 is 15.8 Å². The Labute approximate surface area is 162 Å². The first-order valence-corrected chi connectivity index (χ1v) is 10.1. The Morgan fingerprint density at radius 1 is 1.07 bits per heavy atom. The Bertz CT molecular complexity index is 1080. The predicted octanol–water partition coefficient (Wildman–Crippen LogP) is 2.12. The van der Waals surface area contributed by atoms with Crippen LogP contribution in [0.3, 0.4) is 0 Å². The van der Waals surface area contributed by atoms with Gasteiger partial charge in [0.1, 0.15) is 29.6 Å². The average molecular weight is 404 g/mol. The number of nitrogens with one attached hydrogen (secondary N) is 2. The molecular weight excluding hydrogens is 383 g/mol. The SMILES string of the molecule is Cc1nc(NCCNS(=O)(=O)c2ccc(F)cc2)cc(-n2cnc(C)c2C)n1. The van der Waals surface area contributed by atoms with Crippen molar-refractivity contribution in [2.75, 3.05) is 18.4 Å². The highest BCUT2D eigenvalue weighted by atomic mass is 32.2. The van der Waals surface area contributed by atoms with Gasteiger partial charge in [0.05, 0.1) is 10.6 Å². The molecule has 28 heavy (non-hydrogen) atoms. The van der Waals surface area contributed by atoms with Gasteiger partial charge in [0.25, 0.3) is 0 Å². The summed E-state index contributed by atoms with van der Waals surface area (Å²) in [7, 11) is -3.70. The number of aryl methyl sites for hydroxylation is 2. The topological polar surface area (TPSA) is 102 Å². The lowest BCUT2D eigenvalue weighted by Crippen LogP contribution is -2.29. The largest absolute Gasteiger partial charge is 0.369 e. The molecule has 0 aliphatic heterocycles. The molecule has 0 fully saturated rings. The summed E-state index contributed by atoms with van der Waals surface area (Å²) in [4.78, 5) is 13.0. The van der Waals surface area contributed by atoms with Gasteiger partial charge in [-0.1, -0.05) is 0 Å². The number of benzene rings is 1. The molecule has 0 amide bonds. The number of hydrogen-bond donors (Lipinski definition) is 2. The Morgan fingerprint density at radius 3 is 2.43 bits per heavy atom. The van der Waals surface area contributed by atoms with E-state index in [1.807, 2.05) is 18.4 Å². The first-order valence-electron chi connectivity index (χ1n) is 8.62. The maximum Gasteiger partial charge on any atom is 0.240 e. The Morgan fingerprint density at radius 2 is 1.79 bits per heavy atom. The molecular formula is C18H21FN6O2S. The molecule has 0 atom stereocenters. The van der Waals surface area contributed by atoms with E-state index in [-0.39, 0.29) is 11.4 Å². The summed E-state index contributed by atoms with van der Waals surface area (Å²) in [6, 6.07) is 6.44. The fourth-order valence-corrected chi connectivity index (χ4v) is 3.60. The molecule has 0 bridgehead atoms. The summed E-state index contributed by atoms with van der Waals surface area (Å²) in [5.41, 5.74) is 1.90. The average Bonchev–Trinajstić information content (AvgIpc) is 2.98. The maximum atomic E-state index is 12.9. The van der Waals surface area contributed by atoms with Crippen molar-refractivity contribution in [3.63, 3.8) is 0 Å². The van der Waals surface area contributed by atoms with Crippen LogP contribution in [0.1, 0.15) is 17.2 Å². The molecule has 2 heterocycles. The van der Waals surface area contributed by atoms with Gasteiger partial charge in [-0.05, 0) is 45.0 Å². The van der Waals surface area contributed by atoms with Crippen LogP contribution < -0.4 is 10.0 Å². The van der Waals surface area contributed by atoms with E-state index in [4.69, 9.17) is 0 Å². The van der Waals surface area contributed by atoms with Gasteiger partial charge in [0.2, 0.25) is 10.0 Å². The second-order valence-electron chi connectivity index (χ2n) is 6.22. The van der Waals surface area contributed by atoms with Gasteiger partial charge in [-0.15, -0.1) is 0 Å². The van der Waals surface area contributed by atoms with E-state index in [9.17, 15) is 12.8 Å². The number of sulfonamides is 1. The monoisotopic (exact) mass is 404 g/mol. The molecule has 0 radical (unpaired) electrons. The molecule has 3 aromatic rings. The lowest BCUT2D eigenvalue weighted by Gasteiger charge is -2.11. The molecule has 1 aromatic carbocycles. The Hall–Kier alpha value is -2.85. The van der Waals surface area contributed by atoms with Crippen molar-refractivity contribution in [2.45, 2.75) is 25.7 Å². The van der Waals surface area contributed by atoms with Gasteiger partial charge in [-0.2, -0.15) is 0 Å². The molecule has 10 heteroatoms. The van der Waals surface area contributed by atoms with Crippen molar-refractivity contribution in [3.8, 4) is 5.82 Å². The zero-order valence-corrected chi connectivity index (χ0v) is 16.6. The van der Waals surface area contributed by atoms with Crippen LogP contribution >= 0.6 is 0 Å². The molecule has 0 aliphatic carbocycles. The second kappa shape index (κ2) is 8.03. The fourth-order valence-electron chi connectivity index (χ4n) is 2.57. The quantitative estimate of drug-likeness (QED) is 0.585. The summed E-state index contributed by atoms with van der Waals surface area (Å²) >= 11 is 0. The molecule has 0 aliphatic rings. The van der Waals surface area contributed by atoms with Crippen LogP contribution in [-0.2, 0) is 10.0 Å². The number of aromatic nitrogens is 4. The van der Waals surface area contributed by atoms with Gasteiger partial charge in [-0.3, -0.25) is 4.57 Å². The highest BCUT2D eigenvalue weighted by Gasteiger charge is 2.13. The molecule has 0 unspecified atom stereocenters. The van der Waals surface area contributed by atoms with Gasteiger partial charge >= 0.3 is 0 Å². The normalized spacial score (nSPS) is 11.6. The summed E-state index contributed by atoms with van der Waals surface area (Å²) in [5.74, 6) is 1.35. The summed E-state index contributed by atoms with van der Waals surface area (Å²) in [6.45, 7) is 6.12. The third kappa shape index (κ3) is 4.52. The van der Waals surface area contributed by atoms with Crippen LogP contribution in [-0.4, -0.2) is 41.0 Å². The van der Waals surface area contributed by atoms with Crippen molar-refractivity contribution in [2.24, 2.45) is 0 Å². The van der Waals surface area contributed by atoms with Gasteiger partial charge < -0.3 is 5.32 Å². The van der Waals surface area contributed by atoms with Crippen LogP contribution in [0, 0.1) is 26.6 Å². The van der Waals surface area contributed by atoms with Crippen LogP contribution in [0.25, 0.3) is 5.82 Å². The van der Waals surface area contributed by atoms with E-state index >= 15 is 0 Å². The molecule has 2 aromatic heterocycles. The highest BCUT2D eigenvalue weighted by molar-refractivity contribution is 7.89. The predicted molar refractivity (Wildman–Crippen MR) is 103 cm³/mol. The number of imidazole rings is 1. The van der Waals surface area contributed by atoms with Gasteiger partial charge in [0.15, 0.2) is 0 Å². The molecule has 8 nitrogen and oxygen atoms in total. The zero-order valence-electron chi connectivity index (χ0n) is 15.8. The second-order valence-corrected chi connectivity index (χ2v) is 7.99. The molecule has 2 N–H and O–H groups in total. The first-order chi connectivity index (χ1) is 13.3. The van der Waals surface area contributed by atoms with E-state index in [1.165, 1.54) is 12.1 Å². The van der Waals surface area contributed by atoms with Crippen LogP contribution in [0.4, 0.5) is 10.2 Å². The number of halogens is 1. The molecule has 0 saturated carbocycles. The molecule has 3 rings (SSSR count). The standard InChI is InChI=1S/C18H21FN6O2S/c1-12-13(2)25(11-21-12)18-10-17(23-14(3)24-18)20-8-9-22-28(26,27)16-6-4-15(19)5-7-16/h4-7,10-11,22H,8-9H2,1-3H3,(H,20,23,24). The molecule has 148 valence electrons. The van der Waals surface area contributed by atoms with E-state index in [0.717, 1.165) is 23.5 Å². The summed E-state index contributed by atoms with van der Waals surface area (Å²) < 4.78 is 41.7. The minimum Gasteiger partial charge on any atom is -0.369 e. The Balaban J connectivity index is 1.63. The number of hydrogen-bond acceptors (Lipinski definition) is 6. The fraction of sp³-hybridized carbons (Fsp3) is 0.278. The zero-order chi connectivity index (χ0) is 20.3. The first kappa shape index (κ1) is 19.9. The van der Waals surface area contributed by atoms with E-state index in [1.54, 1.807) is 19.3 Å². The van der Waals surface area contributed by atoms with Crippen LogP contribution in [0.5, 0.6) is 0 Å². The van der Waals surface area contributed by atoms with Crippen LogP contribution in [0.2, 0.25) is 0 Å². The Kier molecular flexibility index (Phi) is 5.71. The number of anilines is 1. The summed E-state index contributed by atoms with van der Waals surface area (Å²) in [5, 5.41) is 3.08. The van der Waals surface area contributed by atoms with Gasteiger partial charge in [-0.25, -0.2) is 32.5 Å². The lowest BCUT2D eigenvalue weighted by molar-refractivity contribution is 0.582. The van der Waals surface area contributed by atoms with Crippen molar-refractivity contribution in [3.05, 3.63) is 59.7 Å². The minimum absolute atomic E-state index is 0.0139. The number of rotatable bonds is 7. The minimum atomic E-state index is -3.70. The third-order valence-electron chi connectivity index (χ3n) is 4.17. The van der Waals surface area contributed by atoms with Crippen molar-refractivity contribution in [1.82, 2.24) is 24.2 Å².